The molecule has 5 aromatic rings. The topological polar surface area (TPSA) is 49.7 Å². The van der Waals surface area contributed by atoms with Crippen LogP contribution in [0, 0.1) is 19.7 Å². The summed E-state index contributed by atoms with van der Waals surface area (Å²) in [6.07, 6.45) is -0.725. The lowest BCUT2D eigenvalue weighted by Crippen LogP contribution is -2.32. The van der Waals surface area contributed by atoms with E-state index < -0.39 is 17.6 Å². The number of fused-ring (bicyclic) bond motifs is 2. The minimum Gasteiger partial charge on any atom is -0.361 e. The van der Waals surface area contributed by atoms with Gasteiger partial charge in [0.15, 0.2) is 11.6 Å². The van der Waals surface area contributed by atoms with E-state index in [-0.39, 0.29) is 12.4 Å². The summed E-state index contributed by atoms with van der Waals surface area (Å²) in [6.45, 7) is 6.88. The number of nitrogens with zero attached hydrogens (tertiary/aromatic N) is 4. The molecule has 2 aromatic carbocycles. The van der Waals surface area contributed by atoms with Crippen molar-refractivity contribution in [2.75, 3.05) is 11.4 Å². The van der Waals surface area contributed by atoms with Crippen molar-refractivity contribution in [3.05, 3.63) is 94.2 Å². The Bertz CT molecular complexity index is 1710. The van der Waals surface area contributed by atoms with Gasteiger partial charge in [-0.05, 0) is 49.1 Å². The van der Waals surface area contributed by atoms with Gasteiger partial charge < -0.3 is 9.88 Å². The Labute approximate surface area is 223 Å². The van der Waals surface area contributed by atoms with Crippen molar-refractivity contribution in [3.63, 3.8) is 0 Å². The van der Waals surface area contributed by atoms with Crippen LogP contribution in [0.5, 0.6) is 0 Å². The maximum Gasteiger partial charge on any atom is 0.417 e. The van der Waals surface area contributed by atoms with E-state index in [1.54, 1.807) is 4.90 Å². The first-order chi connectivity index (χ1) is 18.7. The van der Waals surface area contributed by atoms with Gasteiger partial charge in [0.1, 0.15) is 0 Å². The summed E-state index contributed by atoms with van der Waals surface area (Å²) in [5.41, 5.74) is 7.98. The van der Waals surface area contributed by atoms with E-state index in [0.717, 1.165) is 62.2 Å². The Morgan fingerprint density at radius 3 is 2.62 bits per heavy atom. The van der Waals surface area contributed by atoms with Crippen molar-refractivity contribution in [2.24, 2.45) is 0 Å². The number of rotatable bonds is 4. The Kier molecular flexibility index (Phi) is 5.97. The van der Waals surface area contributed by atoms with Crippen LogP contribution in [0.3, 0.4) is 0 Å². The van der Waals surface area contributed by atoms with Gasteiger partial charge in [-0.2, -0.15) is 18.3 Å². The molecule has 1 aliphatic rings. The van der Waals surface area contributed by atoms with Gasteiger partial charge in [-0.1, -0.05) is 37.3 Å². The Hall–Kier alpha value is -4.14. The number of pyridine rings is 1. The second-order valence-corrected chi connectivity index (χ2v) is 10.0. The number of hydrogen-bond acceptors (Lipinski definition) is 3. The number of alkyl halides is 3. The summed E-state index contributed by atoms with van der Waals surface area (Å²) in [7, 11) is 0. The SMILES string of the molecule is CCc1cccc(C)c1-n1nc2c(c1-c1ccc(C)c3[nH]ccc13)CN(c1ncc(C(F)(F)F)cc1F)CC2. The molecular formula is C30H27F4N5. The van der Waals surface area contributed by atoms with Crippen molar-refractivity contribution in [3.8, 4) is 16.9 Å². The first-order valence-electron chi connectivity index (χ1n) is 12.9. The smallest absolute Gasteiger partial charge is 0.361 e. The van der Waals surface area contributed by atoms with Crippen LogP contribution in [0.25, 0.3) is 27.8 Å². The van der Waals surface area contributed by atoms with Gasteiger partial charge in [0.05, 0.1) is 22.6 Å². The highest BCUT2D eigenvalue weighted by molar-refractivity contribution is 5.97. The molecule has 0 saturated carbocycles. The summed E-state index contributed by atoms with van der Waals surface area (Å²) < 4.78 is 56.4. The largest absolute Gasteiger partial charge is 0.417 e. The van der Waals surface area contributed by atoms with Gasteiger partial charge in [0.2, 0.25) is 0 Å². The number of aromatic nitrogens is 4. The van der Waals surface area contributed by atoms with Gasteiger partial charge in [-0.25, -0.2) is 14.1 Å². The second-order valence-electron chi connectivity index (χ2n) is 10.0. The first-order valence-corrected chi connectivity index (χ1v) is 12.9. The molecule has 0 bridgehead atoms. The molecule has 6 rings (SSSR count). The van der Waals surface area contributed by atoms with Crippen molar-refractivity contribution >= 4 is 16.7 Å². The highest BCUT2D eigenvalue weighted by Crippen LogP contribution is 2.40. The number of para-hydroxylation sites is 1. The third kappa shape index (κ3) is 4.16. The lowest BCUT2D eigenvalue weighted by molar-refractivity contribution is -0.138. The Morgan fingerprint density at radius 2 is 1.87 bits per heavy atom. The number of nitrogens with one attached hydrogen (secondary N) is 1. The van der Waals surface area contributed by atoms with Gasteiger partial charge in [0.25, 0.3) is 0 Å². The number of anilines is 1. The Morgan fingerprint density at radius 1 is 1.05 bits per heavy atom. The first kappa shape index (κ1) is 25.2. The summed E-state index contributed by atoms with van der Waals surface area (Å²) >= 11 is 0. The lowest BCUT2D eigenvalue weighted by atomic mass is 9.96. The molecule has 9 heteroatoms. The van der Waals surface area contributed by atoms with E-state index in [4.69, 9.17) is 5.10 Å². The van der Waals surface area contributed by atoms with Crippen LogP contribution >= 0.6 is 0 Å². The predicted molar refractivity (Wildman–Crippen MR) is 144 cm³/mol. The molecule has 0 aliphatic carbocycles. The maximum absolute atomic E-state index is 15.0. The van der Waals surface area contributed by atoms with Gasteiger partial charge in [0, 0.05) is 53.9 Å². The summed E-state index contributed by atoms with van der Waals surface area (Å²) in [6, 6.07) is 12.9. The lowest BCUT2D eigenvalue weighted by Gasteiger charge is -2.28. The van der Waals surface area contributed by atoms with E-state index in [2.05, 4.69) is 48.1 Å². The monoisotopic (exact) mass is 533 g/mol. The Balaban J connectivity index is 1.55. The van der Waals surface area contributed by atoms with Crippen LogP contribution in [0.15, 0.2) is 54.9 Å². The summed E-state index contributed by atoms with van der Waals surface area (Å²) in [5, 5.41) is 6.14. The average Bonchev–Trinajstić information content (AvgIpc) is 3.54. The molecule has 39 heavy (non-hydrogen) atoms. The molecular weight excluding hydrogens is 506 g/mol. The molecule has 4 heterocycles. The molecule has 200 valence electrons. The zero-order valence-corrected chi connectivity index (χ0v) is 21.8. The molecule has 0 amide bonds. The maximum atomic E-state index is 15.0. The second kappa shape index (κ2) is 9.25. The van der Waals surface area contributed by atoms with E-state index >= 15 is 0 Å². The van der Waals surface area contributed by atoms with Crippen LogP contribution in [0.4, 0.5) is 23.4 Å². The molecule has 0 radical (unpaired) electrons. The highest BCUT2D eigenvalue weighted by atomic mass is 19.4. The number of aromatic amines is 1. The van der Waals surface area contributed by atoms with Crippen LogP contribution < -0.4 is 4.90 Å². The van der Waals surface area contributed by atoms with Gasteiger partial charge in [-0.15, -0.1) is 0 Å². The third-order valence-corrected chi connectivity index (χ3v) is 7.58. The third-order valence-electron chi connectivity index (χ3n) is 7.58. The fraction of sp³-hybridized carbons (Fsp3) is 0.267. The highest BCUT2D eigenvalue weighted by Gasteiger charge is 2.34. The van der Waals surface area contributed by atoms with Crippen LogP contribution in [0.2, 0.25) is 0 Å². The van der Waals surface area contributed by atoms with Crippen LogP contribution in [-0.4, -0.2) is 26.3 Å². The van der Waals surface area contributed by atoms with Crippen LogP contribution in [-0.2, 0) is 25.6 Å². The number of hydrogen-bond donors (Lipinski definition) is 1. The quantitative estimate of drug-likeness (QED) is 0.246. The van der Waals surface area contributed by atoms with Crippen molar-refractivity contribution in [1.29, 1.82) is 0 Å². The minimum atomic E-state index is -4.66. The van der Waals surface area contributed by atoms with E-state index in [0.29, 0.717) is 25.2 Å². The van der Waals surface area contributed by atoms with Crippen molar-refractivity contribution in [1.82, 2.24) is 19.7 Å². The molecule has 3 aromatic heterocycles. The average molecular weight is 534 g/mol. The molecule has 1 aliphatic heterocycles. The van der Waals surface area contributed by atoms with E-state index in [9.17, 15) is 17.6 Å². The molecule has 5 nitrogen and oxygen atoms in total. The zero-order chi connectivity index (χ0) is 27.5. The number of benzene rings is 2. The fourth-order valence-corrected chi connectivity index (χ4v) is 5.63. The van der Waals surface area contributed by atoms with E-state index in [1.165, 1.54) is 0 Å². The number of aryl methyl sites for hydroxylation is 3. The summed E-state index contributed by atoms with van der Waals surface area (Å²) in [4.78, 5) is 8.94. The summed E-state index contributed by atoms with van der Waals surface area (Å²) in [5.74, 6) is -1.08. The zero-order valence-electron chi connectivity index (χ0n) is 21.8. The van der Waals surface area contributed by atoms with Gasteiger partial charge >= 0.3 is 6.18 Å². The van der Waals surface area contributed by atoms with Gasteiger partial charge in [-0.3, -0.25) is 0 Å². The molecule has 0 spiro atoms. The van der Waals surface area contributed by atoms with Crippen LogP contribution in [0.1, 0.15) is 40.4 Å². The van der Waals surface area contributed by atoms with Crippen molar-refractivity contribution in [2.45, 2.75) is 46.3 Å². The molecule has 0 atom stereocenters. The number of halogens is 4. The fourth-order valence-electron chi connectivity index (χ4n) is 5.63. The van der Waals surface area contributed by atoms with Crippen molar-refractivity contribution < 1.29 is 17.6 Å². The molecule has 0 unspecified atom stereocenters. The van der Waals surface area contributed by atoms with E-state index in [1.807, 2.05) is 29.9 Å². The number of H-pyrrole nitrogens is 1. The normalized spacial score (nSPS) is 13.8. The standard InChI is InChI=1S/C30H27F4N5/c1-4-19-7-5-6-18(3)27(19)39-28(22-9-8-17(2)26-21(22)10-12-35-26)23-16-38(13-11-25(23)37-39)29-24(31)14-20(15-36-29)30(32,33)34/h5-10,12,14-15,35H,4,11,13,16H2,1-3H3. The molecule has 0 fully saturated rings. The molecule has 1 N–H and O–H groups in total. The minimum absolute atomic E-state index is 0.0896. The molecule has 0 saturated heterocycles. The predicted octanol–water partition coefficient (Wildman–Crippen LogP) is 7.32.